The fourth-order valence-corrected chi connectivity index (χ4v) is 15.7. The molecule has 1 aromatic carbocycles. The number of hydrogen-bond acceptors (Lipinski definition) is 13. The second kappa shape index (κ2) is 39.8. The molecule has 12 amide bonds. The number of alkyl halides is 3. The number of hydrogen-bond donors (Lipinski definition) is 4. The standard InChI is InChI=1S/C75H116ClF3N12O13/c1-12-50(4)65-71(102)85(7)47-63(96)83(5)48-64(97)87(9)58(43-51-27-17-13-18-28-51)69(100)84(6)45-60(93)80-56(34-32-52-31-33-54(55(76)42-52)75(77,78)79)68(99)91(39-25-16-26-40-92)46-61(94)82-74(35-21-22-36-74)73(104)89(11)66(53-29-19-14-20-30-53)72(103)88(10)59(70(101)90-37-23-15-24-38-90)44-62(95)86(8)57(41-49(2)3)67(98)81-65/h16,25,31,33,42,49-51,53,56-59,65-66,92H,12-15,17-24,26-30,32,34-41,43-48H2,1-11H3,(H,80,93)(H,81,98)(H,82,94)/t50-,56-,57-,58-,59-,65-,66-/m0/s1. The van der Waals surface area contributed by atoms with Crippen molar-refractivity contribution < 1.29 is 75.8 Å². The molecule has 1 spiro atoms. The molecule has 3 saturated carbocycles. The second-order valence-electron chi connectivity index (χ2n) is 30.2. The number of aliphatic hydroxyl groups excluding tert-OH is 1. The molecule has 3 aliphatic carbocycles. The molecule has 1 aromatic rings. The maximum Gasteiger partial charge on any atom is 0.417 e. The molecule has 582 valence electrons. The maximum atomic E-state index is 15.8. The van der Waals surface area contributed by atoms with Gasteiger partial charge in [-0.05, 0) is 118 Å². The van der Waals surface area contributed by atoms with Gasteiger partial charge in [-0.3, -0.25) is 57.5 Å². The SMILES string of the molecule is CC[C@H](C)[C@@H]1NC(=O)[C@H](CC(C)C)N(C)C(=O)C[C@@H](C(=O)N2CCCCC2)N(C)C(=O)[C@H](C2CCCCC2)N(C)C(=O)C2(CCCC2)NC(=O)CN(CC=CCCO)C(=O)[C@H](CCc2ccc(C(F)(F)F)c(Cl)c2)NC(=O)CN(C)C(=O)[C@H](CC2CCCCC2)N(C)C(=O)CN(C)C(=O)CN(C)C1=O. The predicted octanol–water partition coefficient (Wildman–Crippen LogP) is 6.20. The molecular weight excluding hydrogens is 1370 g/mol. The van der Waals surface area contributed by atoms with Crippen LogP contribution in [0.3, 0.4) is 0 Å². The summed E-state index contributed by atoms with van der Waals surface area (Å²) in [7, 11) is 9.91. The highest BCUT2D eigenvalue weighted by Gasteiger charge is 2.50. The van der Waals surface area contributed by atoms with Crippen molar-refractivity contribution in [2.24, 2.45) is 23.7 Å². The van der Waals surface area contributed by atoms with Gasteiger partial charge < -0.3 is 65.2 Å². The molecule has 0 bridgehead atoms. The number of carbonyl (C=O) groups is 12. The number of likely N-dealkylation sites (N-methyl/N-ethyl adjacent to an activating group) is 7. The van der Waals surface area contributed by atoms with Crippen LogP contribution >= 0.6 is 11.6 Å². The van der Waals surface area contributed by atoms with Crippen molar-refractivity contribution in [2.45, 2.75) is 230 Å². The molecule has 6 rings (SSSR count). The lowest BCUT2D eigenvalue weighted by Gasteiger charge is -2.43. The van der Waals surface area contributed by atoms with Crippen LogP contribution < -0.4 is 16.0 Å². The summed E-state index contributed by atoms with van der Waals surface area (Å²) < 4.78 is 41.8. The molecule has 104 heavy (non-hydrogen) atoms. The van der Waals surface area contributed by atoms with Crippen LogP contribution in [0.15, 0.2) is 30.4 Å². The normalized spacial score (nSPS) is 25.2. The number of aliphatic hydroxyl groups is 1. The quantitative estimate of drug-likeness (QED) is 0.143. The van der Waals surface area contributed by atoms with Crippen LogP contribution in [0.4, 0.5) is 13.2 Å². The van der Waals surface area contributed by atoms with E-state index >= 15 is 24.0 Å². The van der Waals surface area contributed by atoms with Gasteiger partial charge in [0.05, 0.1) is 43.2 Å². The number of piperidine rings is 1. The molecule has 0 radical (unpaired) electrons. The van der Waals surface area contributed by atoms with E-state index in [0.29, 0.717) is 58.0 Å². The van der Waals surface area contributed by atoms with Gasteiger partial charge in [0.15, 0.2) is 0 Å². The molecule has 29 heteroatoms. The molecule has 4 N–H and O–H groups in total. The first-order valence-electron chi connectivity index (χ1n) is 37.5. The van der Waals surface area contributed by atoms with Crippen LogP contribution in [0.2, 0.25) is 5.02 Å². The highest BCUT2D eigenvalue weighted by Crippen LogP contribution is 2.38. The number of benzene rings is 1. The Balaban J connectivity index is 1.46. The first-order chi connectivity index (χ1) is 49.1. The fourth-order valence-electron chi connectivity index (χ4n) is 15.4. The summed E-state index contributed by atoms with van der Waals surface area (Å²) in [6.07, 6.45) is 9.22. The largest absolute Gasteiger partial charge is 0.417 e. The Morgan fingerprint density at radius 2 is 1.25 bits per heavy atom. The zero-order chi connectivity index (χ0) is 76.9. The van der Waals surface area contributed by atoms with Crippen molar-refractivity contribution in [1.82, 2.24) is 60.0 Å². The van der Waals surface area contributed by atoms with Gasteiger partial charge in [-0.1, -0.05) is 128 Å². The lowest BCUT2D eigenvalue weighted by atomic mass is 9.81. The molecule has 7 atom stereocenters. The van der Waals surface area contributed by atoms with E-state index in [4.69, 9.17) is 11.6 Å². The predicted molar refractivity (Wildman–Crippen MR) is 386 cm³/mol. The molecule has 2 heterocycles. The van der Waals surface area contributed by atoms with Gasteiger partial charge in [0.1, 0.15) is 41.8 Å². The summed E-state index contributed by atoms with van der Waals surface area (Å²) in [5.74, 6) is -9.29. The van der Waals surface area contributed by atoms with E-state index in [9.17, 15) is 51.8 Å². The van der Waals surface area contributed by atoms with E-state index in [-0.39, 0.29) is 75.5 Å². The van der Waals surface area contributed by atoms with Gasteiger partial charge >= 0.3 is 6.18 Å². The Morgan fingerprint density at radius 1 is 0.654 bits per heavy atom. The average molecular weight is 1490 g/mol. The third-order valence-electron chi connectivity index (χ3n) is 22.0. The minimum Gasteiger partial charge on any atom is -0.396 e. The number of rotatable bonds is 15. The minimum atomic E-state index is -4.79. The summed E-state index contributed by atoms with van der Waals surface area (Å²) in [6, 6.07) is -4.65. The molecular formula is C75H116ClF3N12O13. The van der Waals surface area contributed by atoms with Crippen molar-refractivity contribution in [3.05, 3.63) is 46.5 Å². The fraction of sp³-hybridized carbons (Fsp3) is 0.733. The third kappa shape index (κ3) is 23.3. The zero-order valence-corrected chi connectivity index (χ0v) is 63.9. The number of nitrogens with zero attached hydrogens (tertiary/aromatic N) is 9. The van der Waals surface area contributed by atoms with E-state index in [0.717, 1.165) is 89.5 Å². The van der Waals surface area contributed by atoms with Crippen LogP contribution in [-0.4, -0.2) is 264 Å². The first-order valence-corrected chi connectivity index (χ1v) is 37.9. The van der Waals surface area contributed by atoms with Crippen LogP contribution in [0.1, 0.15) is 187 Å². The number of nitrogens with one attached hydrogen (secondary N) is 3. The van der Waals surface area contributed by atoms with Crippen LogP contribution in [0.5, 0.6) is 0 Å². The zero-order valence-electron chi connectivity index (χ0n) is 63.2. The Hall–Kier alpha value is -7.36. The summed E-state index contributed by atoms with van der Waals surface area (Å²) in [4.78, 5) is 191. The van der Waals surface area contributed by atoms with Crippen LogP contribution in [0.25, 0.3) is 0 Å². The van der Waals surface area contributed by atoms with Gasteiger partial charge in [-0.15, -0.1) is 0 Å². The van der Waals surface area contributed by atoms with Crippen molar-refractivity contribution in [3.63, 3.8) is 0 Å². The molecule has 0 aromatic heterocycles. The monoisotopic (exact) mass is 1480 g/mol. The second-order valence-corrected chi connectivity index (χ2v) is 30.7. The van der Waals surface area contributed by atoms with E-state index in [1.54, 1.807) is 17.9 Å². The summed E-state index contributed by atoms with van der Waals surface area (Å²) in [6.45, 7) is 5.02. The van der Waals surface area contributed by atoms with Crippen LogP contribution in [-0.2, 0) is 70.1 Å². The van der Waals surface area contributed by atoms with Gasteiger partial charge in [0.25, 0.3) is 0 Å². The minimum absolute atomic E-state index is 0.00421. The number of aryl methyl sites for hydroxylation is 1. The number of halogens is 4. The first kappa shape index (κ1) is 85.6. The molecule has 25 nitrogen and oxygen atoms in total. The maximum absolute atomic E-state index is 15.8. The molecule has 5 aliphatic rings. The van der Waals surface area contributed by atoms with Crippen molar-refractivity contribution in [1.29, 1.82) is 0 Å². The summed E-state index contributed by atoms with van der Waals surface area (Å²) in [5.41, 5.74) is -2.47. The average Bonchev–Trinajstić information content (AvgIpc) is 1.44. The topological polar surface area (TPSA) is 290 Å². The van der Waals surface area contributed by atoms with Gasteiger partial charge in [0, 0.05) is 75.6 Å². The van der Waals surface area contributed by atoms with E-state index in [1.165, 1.54) is 81.1 Å². The lowest BCUT2D eigenvalue weighted by Crippen LogP contribution is -2.64. The Labute approximate surface area is 617 Å². The third-order valence-corrected chi connectivity index (χ3v) is 22.3. The van der Waals surface area contributed by atoms with Crippen molar-refractivity contribution >= 4 is 82.5 Å². The van der Waals surface area contributed by atoms with Gasteiger partial charge in [0.2, 0.25) is 70.9 Å². The molecule has 2 aliphatic heterocycles. The van der Waals surface area contributed by atoms with E-state index < -0.39 is 174 Å². The Kier molecular flexibility index (Phi) is 32.8. The summed E-state index contributed by atoms with van der Waals surface area (Å²) >= 11 is 6.17. The van der Waals surface area contributed by atoms with E-state index in [2.05, 4.69) is 16.0 Å². The Morgan fingerprint density at radius 3 is 1.85 bits per heavy atom. The van der Waals surface area contributed by atoms with Crippen LogP contribution in [0, 0.1) is 23.7 Å². The molecule has 2 saturated heterocycles. The molecule has 0 unspecified atom stereocenters. The Bertz CT molecular complexity index is 3190. The van der Waals surface area contributed by atoms with Crippen molar-refractivity contribution in [2.75, 3.05) is 102 Å². The van der Waals surface area contributed by atoms with E-state index in [1.807, 2.05) is 20.8 Å². The molecule has 5 fully saturated rings. The smallest absolute Gasteiger partial charge is 0.396 e. The number of carbonyl (C=O) groups excluding carboxylic acids is 12. The lowest BCUT2D eigenvalue weighted by molar-refractivity contribution is -0.157. The number of likely N-dealkylation sites (tertiary alicyclic amines) is 1. The summed E-state index contributed by atoms with van der Waals surface area (Å²) in [5, 5.41) is 17.8. The van der Waals surface area contributed by atoms with Gasteiger partial charge in [-0.2, -0.15) is 13.2 Å². The highest BCUT2D eigenvalue weighted by molar-refractivity contribution is 6.31. The highest BCUT2D eigenvalue weighted by atomic mass is 35.5. The number of amides is 12. The van der Waals surface area contributed by atoms with Crippen molar-refractivity contribution in [3.8, 4) is 0 Å². The van der Waals surface area contributed by atoms with Gasteiger partial charge in [-0.25, -0.2) is 0 Å².